The van der Waals surface area contributed by atoms with E-state index >= 15 is 0 Å². The van der Waals surface area contributed by atoms with Crippen LogP contribution in [0.4, 0.5) is 0 Å². The van der Waals surface area contributed by atoms with Gasteiger partial charge < -0.3 is 5.32 Å². The lowest BCUT2D eigenvalue weighted by molar-refractivity contribution is 0.251. The molecule has 0 aromatic rings. The van der Waals surface area contributed by atoms with Gasteiger partial charge in [-0.15, -0.1) is 0 Å². The second kappa shape index (κ2) is 3.57. The number of piperidine rings is 1. The van der Waals surface area contributed by atoms with Gasteiger partial charge in [-0.2, -0.15) is 0 Å². The quantitative estimate of drug-likeness (QED) is 0.613. The standard InChI is InChI=1S/C10H21N/c1-10(2,3)7-9-5-4-6-11-8-9/h9,11H,4-8H2,1-3H3/t9-/m1/s1. The molecule has 0 spiro atoms. The van der Waals surface area contributed by atoms with Crippen molar-refractivity contribution in [3.63, 3.8) is 0 Å². The summed E-state index contributed by atoms with van der Waals surface area (Å²) in [5, 5.41) is 3.46. The van der Waals surface area contributed by atoms with Crippen LogP contribution in [-0.2, 0) is 0 Å². The molecule has 0 aromatic heterocycles. The molecule has 1 aliphatic heterocycles. The van der Waals surface area contributed by atoms with Crippen LogP contribution in [0.15, 0.2) is 0 Å². The Balaban J connectivity index is 2.24. The normalized spacial score (nSPS) is 27.0. The highest BCUT2D eigenvalue weighted by molar-refractivity contribution is 4.74. The van der Waals surface area contributed by atoms with Crippen LogP contribution in [0.2, 0.25) is 0 Å². The van der Waals surface area contributed by atoms with Gasteiger partial charge in [-0.25, -0.2) is 0 Å². The first kappa shape index (κ1) is 9.05. The monoisotopic (exact) mass is 155 g/mol. The van der Waals surface area contributed by atoms with Gasteiger partial charge in [0, 0.05) is 0 Å². The average molecular weight is 155 g/mol. The first-order chi connectivity index (χ1) is 5.08. The Labute approximate surface area is 70.6 Å². The van der Waals surface area contributed by atoms with Crippen molar-refractivity contribution in [2.45, 2.75) is 40.0 Å². The molecule has 1 saturated heterocycles. The predicted molar refractivity (Wildman–Crippen MR) is 49.7 cm³/mol. The second-order valence-electron chi connectivity index (χ2n) is 4.98. The third-order valence-electron chi connectivity index (χ3n) is 2.30. The van der Waals surface area contributed by atoms with E-state index in [0.29, 0.717) is 5.41 Å². The van der Waals surface area contributed by atoms with Crippen molar-refractivity contribution >= 4 is 0 Å². The Kier molecular flexibility index (Phi) is 2.94. The zero-order chi connectivity index (χ0) is 8.32. The first-order valence-corrected chi connectivity index (χ1v) is 4.79. The molecule has 0 radical (unpaired) electrons. The van der Waals surface area contributed by atoms with Crippen molar-refractivity contribution < 1.29 is 0 Å². The van der Waals surface area contributed by atoms with Crippen molar-refractivity contribution in [3.8, 4) is 0 Å². The highest BCUT2D eigenvalue weighted by Crippen LogP contribution is 2.27. The summed E-state index contributed by atoms with van der Waals surface area (Å²) in [5.41, 5.74) is 0.518. The molecular weight excluding hydrogens is 134 g/mol. The van der Waals surface area contributed by atoms with Crippen LogP contribution in [0.3, 0.4) is 0 Å². The largest absolute Gasteiger partial charge is 0.316 e. The molecule has 1 heteroatoms. The lowest BCUT2D eigenvalue weighted by atomic mass is 9.82. The van der Waals surface area contributed by atoms with Gasteiger partial charge in [-0.05, 0) is 43.7 Å². The van der Waals surface area contributed by atoms with Crippen LogP contribution in [0.5, 0.6) is 0 Å². The SMILES string of the molecule is CC(C)(C)C[C@H]1CCCNC1. The maximum atomic E-state index is 3.46. The molecule has 11 heavy (non-hydrogen) atoms. The molecular formula is C10H21N. The van der Waals surface area contributed by atoms with Crippen LogP contribution in [-0.4, -0.2) is 13.1 Å². The van der Waals surface area contributed by atoms with Crippen LogP contribution in [0.1, 0.15) is 40.0 Å². The van der Waals surface area contributed by atoms with Crippen LogP contribution in [0.25, 0.3) is 0 Å². The minimum Gasteiger partial charge on any atom is -0.316 e. The first-order valence-electron chi connectivity index (χ1n) is 4.79. The molecule has 1 heterocycles. The summed E-state index contributed by atoms with van der Waals surface area (Å²) in [4.78, 5) is 0. The van der Waals surface area contributed by atoms with Crippen molar-refractivity contribution in [1.29, 1.82) is 0 Å². The fourth-order valence-electron chi connectivity index (χ4n) is 1.96. The average Bonchev–Trinajstić information content (AvgIpc) is 1.85. The van der Waals surface area contributed by atoms with Gasteiger partial charge >= 0.3 is 0 Å². The van der Waals surface area contributed by atoms with E-state index in [-0.39, 0.29) is 0 Å². The Morgan fingerprint density at radius 3 is 2.55 bits per heavy atom. The summed E-state index contributed by atoms with van der Waals surface area (Å²) in [7, 11) is 0. The van der Waals surface area contributed by atoms with Gasteiger partial charge in [0.15, 0.2) is 0 Å². The van der Waals surface area contributed by atoms with E-state index in [4.69, 9.17) is 0 Å². The maximum Gasteiger partial charge on any atom is -0.00203 e. The third-order valence-corrected chi connectivity index (χ3v) is 2.30. The molecule has 0 amide bonds. The van der Waals surface area contributed by atoms with E-state index in [1.54, 1.807) is 0 Å². The molecule has 0 bridgehead atoms. The topological polar surface area (TPSA) is 12.0 Å². The molecule has 0 aliphatic carbocycles. The summed E-state index contributed by atoms with van der Waals surface area (Å²) < 4.78 is 0. The summed E-state index contributed by atoms with van der Waals surface area (Å²) in [5.74, 6) is 0.934. The minimum absolute atomic E-state index is 0.518. The van der Waals surface area contributed by atoms with Gasteiger partial charge in [-0.3, -0.25) is 0 Å². The Bertz CT molecular complexity index is 107. The Morgan fingerprint density at radius 1 is 1.36 bits per heavy atom. The maximum absolute atomic E-state index is 3.46. The third kappa shape index (κ3) is 3.76. The van der Waals surface area contributed by atoms with Gasteiger partial charge in [0.25, 0.3) is 0 Å². The van der Waals surface area contributed by atoms with Crippen molar-refractivity contribution in [2.24, 2.45) is 11.3 Å². The molecule has 1 atom stereocenters. The van der Waals surface area contributed by atoms with Crippen LogP contribution in [0, 0.1) is 11.3 Å². The van der Waals surface area contributed by atoms with E-state index < -0.39 is 0 Å². The minimum atomic E-state index is 0.518. The zero-order valence-electron chi connectivity index (χ0n) is 8.11. The molecule has 1 fully saturated rings. The van der Waals surface area contributed by atoms with Gasteiger partial charge in [0.1, 0.15) is 0 Å². The molecule has 0 aromatic carbocycles. The predicted octanol–water partition coefficient (Wildman–Crippen LogP) is 2.42. The Hall–Kier alpha value is -0.0400. The summed E-state index contributed by atoms with van der Waals surface area (Å²) in [6, 6.07) is 0. The lowest BCUT2D eigenvalue weighted by Gasteiger charge is -2.29. The number of nitrogens with one attached hydrogen (secondary N) is 1. The highest BCUT2D eigenvalue weighted by Gasteiger charge is 2.19. The molecule has 1 rings (SSSR count). The Morgan fingerprint density at radius 2 is 2.09 bits per heavy atom. The van der Waals surface area contributed by atoms with E-state index in [9.17, 15) is 0 Å². The van der Waals surface area contributed by atoms with Crippen LogP contribution >= 0.6 is 0 Å². The van der Waals surface area contributed by atoms with Crippen molar-refractivity contribution in [2.75, 3.05) is 13.1 Å². The smallest absolute Gasteiger partial charge is 0.00203 e. The van der Waals surface area contributed by atoms with E-state index in [1.807, 2.05) is 0 Å². The zero-order valence-corrected chi connectivity index (χ0v) is 8.11. The van der Waals surface area contributed by atoms with Crippen LogP contribution < -0.4 is 5.32 Å². The molecule has 1 nitrogen and oxygen atoms in total. The number of hydrogen-bond donors (Lipinski definition) is 1. The molecule has 0 saturated carbocycles. The van der Waals surface area contributed by atoms with E-state index in [2.05, 4.69) is 26.1 Å². The van der Waals surface area contributed by atoms with Gasteiger partial charge in [-0.1, -0.05) is 20.8 Å². The number of rotatable bonds is 1. The lowest BCUT2D eigenvalue weighted by Crippen LogP contribution is -2.31. The summed E-state index contributed by atoms with van der Waals surface area (Å²) in [6.07, 6.45) is 4.19. The van der Waals surface area contributed by atoms with Gasteiger partial charge in [0.05, 0.1) is 0 Å². The number of hydrogen-bond acceptors (Lipinski definition) is 1. The fourth-order valence-corrected chi connectivity index (χ4v) is 1.96. The second-order valence-corrected chi connectivity index (χ2v) is 4.98. The highest BCUT2D eigenvalue weighted by atomic mass is 14.9. The molecule has 0 unspecified atom stereocenters. The molecule has 66 valence electrons. The van der Waals surface area contributed by atoms with E-state index in [0.717, 1.165) is 5.92 Å². The van der Waals surface area contributed by atoms with Gasteiger partial charge in [0.2, 0.25) is 0 Å². The summed E-state index contributed by atoms with van der Waals surface area (Å²) >= 11 is 0. The van der Waals surface area contributed by atoms with E-state index in [1.165, 1.54) is 32.4 Å². The van der Waals surface area contributed by atoms with Crippen molar-refractivity contribution in [1.82, 2.24) is 5.32 Å². The fraction of sp³-hybridized carbons (Fsp3) is 1.00. The molecule has 1 N–H and O–H groups in total. The molecule has 1 aliphatic rings. The van der Waals surface area contributed by atoms with Crippen molar-refractivity contribution in [3.05, 3.63) is 0 Å². The summed E-state index contributed by atoms with van der Waals surface area (Å²) in [6.45, 7) is 9.49.